The van der Waals surface area contributed by atoms with Crippen LogP contribution in [0.1, 0.15) is 29.3 Å². The van der Waals surface area contributed by atoms with Crippen LogP contribution in [0.2, 0.25) is 0 Å². The lowest BCUT2D eigenvalue weighted by atomic mass is 9.98. The van der Waals surface area contributed by atoms with Crippen LogP contribution in [0, 0.1) is 6.92 Å². The molecule has 1 fully saturated rings. The first-order valence-electron chi connectivity index (χ1n) is 7.62. The van der Waals surface area contributed by atoms with Crippen LogP contribution in [0.5, 0.6) is 0 Å². The molecule has 4 heteroatoms. The van der Waals surface area contributed by atoms with E-state index in [0.717, 1.165) is 31.9 Å². The molecule has 0 aliphatic carbocycles. The Hall–Kier alpha value is -1.78. The van der Waals surface area contributed by atoms with Gasteiger partial charge in [0.05, 0.1) is 11.7 Å². The van der Waals surface area contributed by atoms with Gasteiger partial charge in [-0.25, -0.2) is 0 Å². The third-order valence-electron chi connectivity index (χ3n) is 4.07. The van der Waals surface area contributed by atoms with Crippen LogP contribution in [0.4, 0.5) is 0 Å². The van der Waals surface area contributed by atoms with Gasteiger partial charge in [-0.3, -0.25) is 14.9 Å². The van der Waals surface area contributed by atoms with Crippen LogP contribution in [-0.2, 0) is 0 Å². The van der Waals surface area contributed by atoms with Gasteiger partial charge in [0.2, 0.25) is 0 Å². The van der Waals surface area contributed by atoms with Gasteiger partial charge >= 0.3 is 0 Å². The molecule has 3 heterocycles. The Morgan fingerprint density at radius 1 is 1.14 bits per heavy atom. The summed E-state index contributed by atoms with van der Waals surface area (Å²) in [7, 11) is 0. The Morgan fingerprint density at radius 3 is 2.90 bits per heavy atom. The molecular formula is C17H22N4. The molecule has 1 unspecified atom stereocenters. The van der Waals surface area contributed by atoms with Gasteiger partial charge in [-0.05, 0) is 49.2 Å². The van der Waals surface area contributed by atoms with Gasteiger partial charge in [0, 0.05) is 38.2 Å². The van der Waals surface area contributed by atoms with Gasteiger partial charge in [-0.1, -0.05) is 6.07 Å². The lowest BCUT2D eigenvalue weighted by Gasteiger charge is -2.31. The highest BCUT2D eigenvalue weighted by Gasteiger charge is 2.25. The summed E-state index contributed by atoms with van der Waals surface area (Å²) in [6.45, 7) is 6.40. The first-order chi connectivity index (χ1) is 10.4. The fraction of sp³-hybridized carbons (Fsp3) is 0.412. The predicted molar refractivity (Wildman–Crippen MR) is 84.1 cm³/mol. The molecule has 0 aromatic carbocycles. The van der Waals surface area contributed by atoms with E-state index in [2.05, 4.69) is 45.3 Å². The maximum absolute atomic E-state index is 4.62. The van der Waals surface area contributed by atoms with Crippen LogP contribution < -0.4 is 5.32 Å². The Bertz CT molecular complexity index is 562. The molecule has 110 valence electrons. The number of aromatic nitrogens is 2. The molecule has 1 N–H and O–H groups in total. The second kappa shape index (κ2) is 6.78. The number of aryl methyl sites for hydroxylation is 1. The molecule has 0 radical (unpaired) electrons. The molecule has 1 atom stereocenters. The molecule has 0 saturated carbocycles. The van der Waals surface area contributed by atoms with E-state index in [1.807, 2.05) is 24.7 Å². The van der Waals surface area contributed by atoms with Crippen molar-refractivity contribution < 1.29 is 0 Å². The highest BCUT2D eigenvalue weighted by Crippen LogP contribution is 2.29. The molecule has 0 amide bonds. The largest absolute Gasteiger partial charge is 0.315 e. The smallest absolute Gasteiger partial charge is 0.0780 e. The number of hydrogen-bond donors (Lipinski definition) is 1. The highest BCUT2D eigenvalue weighted by atomic mass is 15.2. The van der Waals surface area contributed by atoms with Crippen molar-refractivity contribution in [2.75, 3.05) is 26.2 Å². The van der Waals surface area contributed by atoms with Crippen molar-refractivity contribution >= 4 is 0 Å². The molecule has 3 rings (SSSR count). The second-order valence-corrected chi connectivity index (χ2v) is 5.53. The van der Waals surface area contributed by atoms with Crippen LogP contribution >= 0.6 is 0 Å². The van der Waals surface area contributed by atoms with Crippen molar-refractivity contribution in [3.05, 3.63) is 59.7 Å². The van der Waals surface area contributed by atoms with Crippen molar-refractivity contribution in [1.29, 1.82) is 0 Å². The predicted octanol–water partition coefficient (Wildman–Crippen LogP) is 2.17. The Labute approximate surface area is 126 Å². The standard InChI is InChI=1S/C17H22N4/c1-14-13-19-9-6-15(14)17(16-5-2-3-8-20-16)21-11-4-7-18-10-12-21/h2-3,5-6,8-9,13,17-18H,4,7,10-12H2,1H3. The Kier molecular flexibility index (Phi) is 4.58. The highest BCUT2D eigenvalue weighted by molar-refractivity contribution is 5.32. The first-order valence-corrected chi connectivity index (χ1v) is 7.62. The average Bonchev–Trinajstić information content (AvgIpc) is 2.80. The SMILES string of the molecule is Cc1cnccc1C(c1ccccn1)N1CCCNCC1. The fourth-order valence-electron chi connectivity index (χ4n) is 3.00. The van der Waals surface area contributed by atoms with Gasteiger partial charge in [0.15, 0.2) is 0 Å². The summed E-state index contributed by atoms with van der Waals surface area (Å²) in [5, 5.41) is 3.48. The lowest BCUT2D eigenvalue weighted by Crippen LogP contribution is -2.33. The van der Waals surface area contributed by atoms with E-state index in [0.29, 0.717) is 0 Å². The number of pyridine rings is 2. The Balaban J connectivity index is 2.00. The van der Waals surface area contributed by atoms with Gasteiger partial charge in [0.1, 0.15) is 0 Å². The topological polar surface area (TPSA) is 41.1 Å². The molecule has 1 aliphatic heterocycles. The van der Waals surface area contributed by atoms with E-state index in [4.69, 9.17) is 0 Å². The van der Waals surface area contributed by atoms with Gasteiger partial charge in [-0.2, -0.15) is 0 Å². The summed E-state index contributed by atoms with van der Waals surface area (Å²) in [6.07, 6.45) is 6.89. The molecule has 2 aromatic heterocycles. The molecule has 1 saturated heterocycles. The zero-order valence-corrected chi connectivity index (χ0v) is 12.5. The van der Waals surface area contributed by atoms with Gasteiger partial charge < -0.3 is 5.32 Å². The molecule has 0 spiro atoms. The second-order valence-electron chi connectivity index (χ2n) is 5.53. The molecule has 21 heavy (non-hydrogen) atoms. The first kappa shape index (κ1) is 14.2. The number of rotatable bonds is 3. The van der Waals surface area contributed by atoms with Crippen molar-refractivity contribution in [3.63, 3.8) is 0 Å². The molecule has 0 bridgehead atoms. The quantitative estimate of drug-likeness (QED) is 0.937. The molecular weight excluding hydrogens is 260 g/mol. The van der Waals surface area contributed by atoms with E-state index >= 15 is 0 Å². The van der Waals surface area contributed by atoms with Crippen LogP contribution in [-0.4, -0.2) is 41.0 Å². The van der Waals surface area contributed by atoms with Crippen LogP contribution in [0.15, 0.2) is 42.9 Å². The van der Waals surface area contributed by atoms with E-state index < -0.39 is 0 Å². The average molecular weight is 282 g/mol. The van der Waals surface area contributed by atoms with Crippen molar-refractivity contribution in [2.24, 2.45) is 0 Å². The summed E-state index contributed by atoms with van der Waals surface area (Å²) < 4.78 is 0. The van der Waals surface area contributed by atoms with E-state index in [1.165, 1.54) is 17.5 Å². The summed E-state index contributed by atoms with van der Waals surface area (Å²) in [4.78, 5) is 11.4. The third-order valence-corrected chi connectivity index (χ3v) is 4.07. The van der Waals surface area contributed by atoms with E-state index in [9.17, 15) is 0 Å². The molecule has 1 aliphatic rings. The zero-order chi connectivity index (χ0) is 14.5. The minimum Gasteiger partial charge on any atom is -0.315 e. The van der Waals surface area contributed by atoms with Crippen LogP contribution in [0.25, 0.3) is 0 Å². The Morgan fingerprint density at radius 2 is 2.10 bits per heavy atom. The molecule has 4 nitrogen and oxygen atoms in total. The normalized spacial score (nSPS) is 18.1. The monoisotopic (exact) mass is 282 g/mol. The summed E-state index contributed by atoms with van der Waals surface area (Å²) in [5.74, 6) is 0. The van der Waals surface area contributed by atoms with Crippen molar-refractivity contribution in [1.82, 2.24) is 20.2 Å². The van der Waals surface area contributed by atoms with Gasteiger partial charge in [-0.15, -0.1) is 0 Å². The van der Waals surface area contributed by atoms with E-state index in [1.54, 1.807) is 0 Å². The number of hydrogen-bond acceptors (Lipinski definition) is 4. The minimum atomic E-state index is 0.217. The minimum absolute atomic E-state index is 0.217. The number of nitrogens with one attached hydrogen (secondary N) is 1. The lowest BCUT2D eigenvalue weighted by molar-refractivity contribution is 0.236. The summed E-state index contributed by atoms with van der Waals surface area (Å²) >= 11 is 0. The summed E-state index contributed by atoms with van der Waals surface area (Å²) in [5.41, 5.74) is 3.66. The maximum atomic E-state index is 4.62. The van der Waals surface area contributed by atoms with E-state index in [-0.39, 0.29) is 6.04 Å². The van der Waals surface area contributed by atoms with Crippen LogP contribution in [0.3, 0.4) is 0 Å². The zero-order valence-electron chi connectivity index (χ0n) is 12.5. The van der Waals surface area contributed by atoms with Crippen molar-refractivity contribution in [3.8, 4) is 0 Å². The van der Waals surface area contributed by atoms with Crippen molar-refractivity contribution in [2.45, 2.75) is 19.4 Å². The summed E-state index contributed by atoms with van der Waals surface area (Å²) in [6, 6.07) is 8.52. The third kappa shape index (κ3) is 3.28. The van der Waals surface area contributed by atoms with Gasteiger partial charge in [0.25, 0.3) is 0 Å². The number of nitrogens with zero attached hydrogens (tertiary/aromatic N) is 3. The maximum Gasteiger partial charge on any atom is 0.0780 e. The fourth-order valence-corrected chi connectivity index (χ4v) is 3.00. The molecule has 2 aromatic rings.